The van der Waals surface area contributed by atoms with E-state index in [9.17, 15) is 0 Å². The molecular formula is C22H48P2. The van der Waals surface area contributed by atoms with Crippen molar-refractivity contribution >= 4 is 15.8 Å². The molecule has 0 bridgehead atoms. The molecule has 0 rings (SSSR count). The van der Waals surface area contributed by atoms with E-state index in [-0.39, 0.29) is 15.8 Å². The molecule has 0 saturated heterocycles. The number of hydrogen-bond donors (Lipinski definition) is 0. The van der Waals surface area contributed by atoms with E-state index in [2.05, 4.69) is 90.0 Å². The maximum Gasteiger partial charge on any atom is -0.0175 e. The van der Waals surface area contributed by atoms with Crippen LogP contribution in [0, 0.1) is 5.92 Å². The van der Waals surface area contributed by atoms with Gasteiger partial charge >= 0.3 is 0 Å². The molecule has 0 aromatic carbocycles. The van der Waals surface area contributed by atoms with Crippen molar-refractivity contribution in [3.8, 4) is 0 Å². The van der Waals surface area contributed by atoms with Gasteiger partial charge in [0.1, 0.15) is 0 Å². The van der Waals surface area contributed by atoms with Crippen LogP contribution in [-0.2, 0) is 0 Å². The molecule has 0 aliphatic rings. The highest BCUT2D eigenvalue weighted by atomic mass is 31.1. The van der Waals surface area contributed by atoms with E-state index in [1.807, 2.05) is 0 Å². The third kappa shape index (κ3) is 8.99. The van der Waals surface area contributed by atoms with Crippen LogP contribution in [0.15, 0.2) is 0 Å². The Morgan fingerprint density at radius 3 is 0.875 bits per heavy atom. The lowest BCUT2D eigenvalue weighted by Gasteiger charge is -2.43. The molecule has 0 aromatic heterocycles. The van der Waals surface area contributed by atoms with Gasteiger partial charge in [0.2, 0.25) is 0 Å². The van der Waals surface area contributed by atoms with Gasteiger partial charge in [-0.25, -0.2) is 0 Å². The summed E-state index contributed by atoms with van der Waals surface area (Å²) in [7, 11) is 0.118. The van der Waals surface area contributed by atoms with E-state index >= 15 is 0 Å². The standard InChI is InChI=1S/C22H48P2/c1-18(14-16-23(19(2,3)4)20(5,6)7)15-17-24(21(8,9)10)22(11,12)13/h18H,14-17H2,1-13H3. The molecule has 2 heteroatoms. The smallest absolute Gasteiger partial charge is 0.0175 e. The minimum absolute atomic E-state index is 0.0588. The lowest BCUT2D eigenvalue weighted by atomic mass is 10.1. The van der Waals surface area contributed by atoms with Crippen LogP contribution in [0.3, 0.4) is 0 Å². The fraction of sp³-hybridized carbons (Fsp3) is 1.00. The van der Waals surface area contributed by atoms with Crippen LogP contribution in [0.1, 0.15) is 103 Å². The second-order valence-corrected chi connectivity index (χ2v) is 19.6. The van der Waals surface area contributed by atoms with Gasteiger partial charge in [-0.05, 0) is 51.7 Å². The summed E-state index contributed by atoms with van der Waals surface area (Å²) in [5.74, 6) is 0.870. The minimum Gasteiger partial charge on any atom is -0.0956 e. The van der Waals surface area contributed by atoms with Gasteiger partial charge in [-0.15, -0.1) is 0 Å². The van der Waals surface area contributed by atoms with Gasteiger partial charge in [0, 0.05) is 0 Å². The second-order valence-electron chi connectivity index (χ2n) is 11.7. The Morgan fingerprint density at radius 2 is 0.708 bits per heavy atom. The van der Waals surface area contributed by atoms with Crippen molar-refractivity contribution in [1.29, 1.82) is 0 Å². The summed E-state index contributed by atoms with van der Waals surface area (Å²) >= 11 is 0. The number of hydrogen-bond acceptors (Lipinski definition) is 0. The Balaban J connectivity index is 4.72. The Morgan fingerprint density at radius 1 is 0.500 bits per heavy atom. The van der Waals surface area contributed by atoms with Crippen molar-refractivity contribution in [2.75, 3.05) is 12.3 Å². The zero-order chi connectivity index (χ0) is 19.6. The van der Waals surface area contributed by atoms with Crippen molar-refractivity contribution in [2.45, 2.75) is 123 Å². The summed E-state index contributed by atoms with van der Waals surface area (Å²) in [6.07, 6.45) is 5.70. The minimum atomic E-state index is 0.0588. The Hall–Kier alpha value is 0.860. The topological polar surface area (TPSA) is 0 Å². The van der Waals surface area contributed by atoms with Gasteiger partial charge in [-0.2, -0.15) is 0 Å². The fourth-order valence-corrected chi connectivity index (χ4v) is 12.3. The predicted molar refractivity (Wildman–Crippen MR) is 121 cm³/mol. The van der Waals surface area contributed by atoms with E-state index in [4.69, 9.17) is 0 Å². The first-order chi connectivity index (χ1) is 10.4. The first kappa shape index (κ1) is 24.9. The number of rotatable bonds is 6. The third-order valence-electron chi connectivity index (χ3n) is 4.93. The molecule has 24 heavy (non-hydrogen) atoms. The zero-order valence-corrected chi connectivity index (χ0v) is 21.1. The first-order valence-electron chi connectivity index (χ1n) is 9.92. The van der Waals surface area contributed by atoms with E-state index in [1.165, 1.54) is 25.2 Å². The first-order valence-corrected chi connectivity index (χ1v) is 13.0. The molecule has 0 nitrogen and oxygen atoms in total. The average molecular weight is 375 g/mol. The van der Waals surface area contributed by atoms with Crippen LogP contribution >= 0.6 is 15.8 Å². The highest BCUT2D eigenvalue weighted by Crippen LogP contribution is 2.61. The largest absolute Gasteiger partial charge is 0.0956 e. The molecule has 0 fully saturated rings. The lowest BCUT2D eigenvalue weighted by Crippen LogP contribution is -2.28. The molecule has 0 amide bonds. The molecule has 0 aliphatic heterocycles. The van der Waals surface area contributed by atoms with Crippen LogP contribution in [0.4, 0.5) is 0 Å². The van der Waals surface area contributed by atoms with Gasteiger partial charge in [-0.1, -0.05) is 106 Å². The van der Waals surface area contributed by atoms with E-state index < -0.39 is 0 Å². The molecular weight excluding hydrogens is 326 g/mol. The van der Waals surface area contributed by atoms with Gasteiger partial charge < -0.3 is 0 Å². The van der Waals surface area contributed by atoms with Crippen LogP contribution in [-0.4, -0.2) is 32.9 Å². The molecule has 0 aliphatic carbocycles. The maximum atomic E-state index is 2.50. The Kier molecular flexibility index (Phi) is 9.01. The quantitative estimate of drug-likeness (QED) is 0.408. The van der Waals surface area contributed by atoms with Gasteiger partial charge in [0.25, 0.3) is 0 Å². The normalized spacial score (nSPS) is 15.0. The molecule has 0 unspecified atom stereocenters. The maximum absolute atomic E-state index is 2.50. The molecule has 146 valence electrons. The molecule has 0 spiro atoms. The van der Waals surface area contributed by atoms with Gasteiger partial charge in [0.15, 0.2) is 0 Å². The summed E-state index contributed by atoms with van der Waals surface area (Å²) < 4.78 is 0. The SMILES string of the molecule is CC(CCP(C(C)(C)C)C(C)(C)C)CCP(C(C)(C)C)C(C)(C)C. The second kappa shape index (κ2) is 8.70. The molecule has 0 heterocycles. The summed E-state index contributed by atoms with van der Waals surface area (Å²) in [4.78, 5) is 0. The van der Waals surface area contributed by atoms with Crippen LogP contribution in [0.5, 0.6) is 0 Å². The molecule has 0 saturated carbocycles. The third-order valence-corrected chi connectivity index (χ3v) is 12.8. The van der Waals surface area contributed by atoms with Crippen LogP contribution < -0.4 is 0 Å². The van der Waals surface area contributed by atoms with E-state index in [0.717, 1.165) is 5.92 Å². The van der Waals surface area contributed by atoms with Crippen LogP contribution in [0.25, 0.3) is 0 Å². The highest BCUT2D eigenvalue weighted by Gasteiger charge is 2.35. The molecule has 0 N–H and O–H groups in total. The van der Waals surface area contributed by atoms with Gasteiger partial charge in [-0.3, -0.25) is 0 Å². The Bertz CT molecular complexity index is 293. The summed E-state index contributed by atoms with van der Waals surface area (Å²) in [6.45, 7) is 31.9. The summed E-state index contributed by atoms with van der Waals surface area (Å²) in [5.41, 5.74) is 0. The average Bonchev–Trinajstić information content (AvgIpc) is 2.21. The predicted octanol–water partition coefficient (Wildman–Crippen LogP) is 8.56. The van der Waals surface area contributed by atoms with Crippen molar-refractivity contribution in [1.82, 2.24) is 0 Å². The molecule has 0 atom stereocenters. The van der Waals surface area contributed by atoms with E-state index in [0.29, 0.717) is 20.6 Å². The van der Waals surface area contributed by atoms with E-state index in [1.54, 1.807) is 0 Å². The fourth-order valence-electron chi connectivity index (χ4n) is 4.20. The van der Waals surface area contributed by atoms with Crippen molar-refractivity contribution in [3.05, 3.63) is 0 Å². The summed E-state index contributed by atoms with van der Waals surface area (Å²) in [6, 6.07) is 0. The monoisotopic (exact) mass is 374 g/mol. The summed E-state index contributed by atoms with van der Waals surface area (Å²) in [5, 5.41) is 1.88. The van der Waals surface area contributed by atoms with Gasteiger partial charge in [0.05, 0.1) is 0 Å². The van der Waals surface area contributed by atoms with Crippen LogP contribution in [0.2, 0.25) is 0 Å². The van der Waals surface area contributed by atoms with Crippen molar-refractivity contribution in [3.63, 3.8) is 0 Å². The highest BCUT2D eigenvalue weighted by molar-refractivity contribution is 7.61. The van der Waals surface area contributed by atoms with Crippen molar-refractivity contribution in [2.24, 2.45) is 5.92 Å². The van der Waals surface area contributed by atoms with Crippen molar-refractivity contribution < 1.29 is 0 Å². The molecule has 0 aromatic rings. The lowest BCUT2D eigenvalue weighted by molar-refractivity contribution is 0.540. The zero-order valence-electron chi connectivity index (χ0n) is 19.3. The molecule has 0 radical (unpaired) electrons. The Labute approximate surface area is 157 Å².